The van der Waals surface area contributed by atoms with Gasteiger partial charge in [0.15, 0.2) is 11.0 Å². The monoisotopic (exact) mass is 405 g/mol. The van der Waals surface area contributed by atoms with Crippen LogP contribution in [0, 0.1) is 0 Å². The highest BCUT2D eigenvalue weighted by atomic mass is 35.5. The number of nitrogens with zero attached hydrogens (tertiary/aromatic N) is 5. The van der Waals surface area contributed by atoms with Gasteiger partial charge in [0.05, 0.1) is 23.4 Å². The standard InChI is InChI=1S/C18H20ClN5O2S/c1-22-5-4-20-16(22)17(25)24(7-6-23-8-10-26-11-9-23)18-21-14-3-2-13(19)12-15(14)27-18/h2-5,12H,6-11H2,1H3. The number of carbonyl (C=O) groups excluding carboxylic acids is 1. The highest BCUT2D eigenvalue weighted by Crippen LogP contribution is 2.31. The minimum Gasteiger partial charge on any atom is -0.379 e. The number of morpholine rings is 1. The summed E-state index contributed by atoms with van der Waals surface area (Å²) in [6.07, 6.45) is 3.40. The molecular weight excluding hydrogens is 386 g/mol. The second kappa shape index (κ2) is 7.93. The summed E-state index contributed by atoms with van der Waals surface area (Å²) in [5.41, 5.74) is 0.836. The maximum atomic E-state index is 13.2. The van der Waals surface area contributed by atoms with Crippen molar-refractivity contribution >= 4 is 44.2 Å². The molecule has 9 heteroatoms. The number of hydrogen-bond acceptors (Lipinski definition) is 6. The second-order valence-corrected chi connectivity index (χ2v) is 7.83. The van der Waals surface area contributed by atoms with E-state index < -0.39 is 0 Å². The molecule has 0 bridgehead atoms. The van der Waals surface area contributed by atoms with Crippen molar-refractivity contribution in [3.8, 4) is 0 Å². The summed E-state index contributed by atoms with van der Waals surface area (Å²) in [4.78, 5) is 26.1. The number of thiazole rings is 1. The Kier molecular flexibility index (Phi) is 5.40. The first kappa shape index (κ1) is 18.4. The van der Waals surface area contributed by atoms with Gasteiger partial charge in [-0.1, -0.05) is 22.9 Å². The zero-order chi connectivity index (χ0) is 18.8. The molecule has 3 heterocycles. The molecule has 1 fully saturated rings. The van der Waals surface area contributed by atoms with Crippen LogP contribution in [0.15, 0.2) is 30.6 Å². The van der Waals surface area contributed by atoms with Gasteiger partial charge in [-0.2, -0.15) is 0 Å². The van der Waals surface area contributed by atoms with Crippen molar-refractivity contribution in [2.24, 2.45) is 7.05 Å². The number of hydrogen-bond donors (Lipinski definition) is 0. The minimum atomic E-state index is -0.152. The van der Waals surface area contributed by atoms with Crippen LogP contribution < -0.4 is 4.90 Å². The molecule has 1 aliphatic heterocycles. The fourth-order valence-electron chi connectivity index (χ4n) is 3.04. The summed E-state index contributed by atoms with van der Waals surface area (Å²) in [6.45, 7) is 4.51. The number of ether oxygens (including phenoxy) is 1. The van der Waals surface area contributed by atoms with Crippen LogP contribution in [0.4, 0.5) is 5.13 Å². The minimum absolute atomic E-state index is 0.152. The molecule has 0 atom stereocenters. The van der Waals surface area contributed by atoms with Crippen LogP contribution in [0.2, 0.25) is 5.02 Å². The van der Waals surface area contributed by atoms with E-state index in [1.165, 1.54) is 11.3 Å². The molecule has 0 aliphatic carbocycles. The van der Waals surface area contributed by atoms with Gasteiger partial charge in [-0.3, -0.25) is 14.6 Å². The van der Waals surface area contributed by atoms with E-state index in [0.29, 0.717) is 22.5 Å². The second-order valence-electron chi connectivity index (χ2n) is 6.38. The number of fused-ring (bicyclic) bond motifs is 1. The van der Waals surface area contributed by atoms with Gasteiger partial charge in [0.1, 0.15) is 0 Å². The molecule has 1 saturated heterocycles. The lowest BCUT2D eigenvalue weighted by Gasteiger charge is -2.29. The van der Waals surface area contributed by atoms with E-state index in [1.54, 1.807) is 21.9 Å². The van der Waals surface area contributed by atoms with E-state index >= 15 is 0 Å². The number of halogens is 1. The molecule has 4 rings (SSSR count). The molecule has 2 aromatic heterocycles. The normalized spacial score (nSPS) is 15.3. The van der Waals surface area contributed by atoms with Crippen LogP contribution in [-0.2, 0) is 11.8 Å². The third-order valence-electron chi connectivity index (χ3n) is 4.57. The molecule has 1 amide bonds. The first-order valence-corrected chi connectivity index (χ1v) is 9.96. The third kappa shape index (κ3) is 3.98. The van der Waals surface area contributed by atoms with Gasteiger partial charge in [-0.25, -0.2) is 9.97 Å². The predicted octanol–water partition coefficient (Wildman–Crippen LogP) is 2.66. The van der Waals surface area contributed by atoms with Crippen molar-refractivity contribution in [1.82, 2.24) is 19.4 Å². The first-order valence-electron chi connectivity index (χ1n) is 8.77. The summed E-state index contributed by atoms with van der Waals surface area (Å²) in [6, 6.07) is 5.57. The Balaban J connectivity index is 1.63. The van der Waals surface area contributed by atoms with Crippen molar-refractivity contribution in [2.75, 3.05) is 44.3 Å². The van der Waals surface area contributed by atoms with Crippen LogP contribution in [0.25, 0.3) is 10.2 Å². The Morgan fingerprint density at radius 2 is 2.19 bits per heavy atom. The Hall–Kier alpha value is -2.00. The number of benzene rings is 1. The third-order valence-corrected chi connectivity index (χ3v) is 5.85. The SMILES string of the molecule is Cn1ccnc1C(=O)N(CCN1CCOCC1)c1nc2ccc(Cl)cc2s1. The van der Waals surface area contributed by atoms with Crippen molar-refractivity contribution in [3.05, 3.63) is 41.4 Å². The lowest BCUT2D eigenvalue weighted by molar-refractivity contribution is 0.0391. The predicted molar refractivity (Wildman–Crippen MR) is 107 cm³/mol. The van der Waals surface area contributed by atoms with Crippen molar-refractivity contribution in [2.45, 2.75) is 0 Å². The van der Waals surface area contributed by atoms with E-state index in [2.05, 4.69) is 14.9 Å². The van der Waals surface area contributed by atoms with Gasteiger partial charge in [-0.15, -0.1) is 0 Å². The van der Waals surface area contributed by atoms with Gasteiger partial charge >= 0.3 is 0 Å². The van der Waals surface area contributed by atoms with Crippen LogP contribution >= 0.6 is 22.9 Å². The Morgan fingerprint density at radius 3 is 2.93 bits per heavy atom. The summed E-state index contributed by atoms with van der Waals surface area (Å²) >= 11 is 7.57. The largest absolute Gasteiger partial charge is 0.379 e. The molecule has 0 spiro atoms. The van der Waals surface area contributed by atoms with Crippen molar-refractivity contribution in [3.63, 3.8) is 0 Å². The summed E-state index contributed by atoms with van der Waals surface area (Å²) in [5, 5.41) is 1.32. The van der Waals surface area contributed by atoms with Gasteiger partial charge < -0.3 is 9.30 Å². The fraction of sp³-hybridized carbons (Fsp3) is 0.389. The van der Waals surface area contributed by atoms with Gasteiger partial charge in [0.25, 0.3) is 5.91 Å². The Morgan fingerprint density at radius 1 is 1.37 bits per heavy atom. The maximum absolute atomic E-state index is 13.2. The van der Waals surface area contributed by atoms with E-state index in [1.807, 2.05) is 25.2 Å². The molecule has 3 aromatic rings. The molecule has 0 saturated carbocycles. The van der Waals surface area contributed by atoms with Gasteiger partial charge in [0.2, 0.25) is 0 Å². The number of aryl methyl sites for hydroxylation is 1. The summed E-state index contributed by atoms with van der Waals surface area (Å²) in [5.74, 6) is 0.246. The van der Waals surface area contributed by atoms with Crippen LogP contribution in [0.3, 0.4) is 0 Å². The average molecular weight is 406 g/mol. The zero-order valence-corrected chi connectivity index (χ0v) is 16.5. The van der Waals surface area contributed by atoms with Gasteiger partial charge in [-0.05, 0) is 18.2 Å². The number of anilines is 1. The molecule has 142 valence electrons. The molecule has 0 radical (unpaired) electrons. The van der Waals surface area contributed by atoms with Crippen LogP contribution in [0.5, 0.6) is 0 Å². The molecule has 27 heavy (non-hydrogen) atoms. The molecule has 1 aliphatic rings. The molecule has 0 unspecified atom stereocenters. The van der Waals surface area contributed by atoms with Crippen LogP contribution in [-0.4, -0.2) is 64.7 Å². The van der Waals surface area contributed by atoms with Crippen molar-refractivity contribution < 1.29 is 9.53 Å². The first-order chi connectivity index (χ1) is 13.1. The number of carbonyl (C=O) groups is 1. The Bertz CT molecular complexity index is 950. The molecular formula is C18H20ClN5O2S. The number of imidazole rings is 1. The number of amides is 1. The van der Waals surface area contributed by atoms with Gasteiger partial charge in [0, 0.05) is 50.6 Å². The summed E-state index contributed by atoms with van der Waals surface area (Å²) < 4.78 is 8.10. The average Bonchev–Trinajstić information content (AvgIpc) is 3.28. The molecule has 0 N–H and O–H groups in total. The Labute approximate surface area is 166 Å². The van der Waals surface area contributed by atoms with E-state index in [4.69, 9.17) is 16.3 Å². The van der Waals surface area contributed by atoms with E-state index in [9.17, 15) is 4.79 Å². The van der Waals surface area contributed by atoms with Crippen LogP contribution in [0.1, 0.15) is 10.6 Å². The van der Waals surface area contributed by atoms with E-state index in [-0.39, 0.29) is 5.91 Å². The lowest BCUT2D eigenvalue weighted by atomic mass is 10.3. The number of rotatable bonds is 5. The van der Waals surface area contributed by atoms with Crippen molar-refractivity contribution in [1.29, 1.82) is 0 Å². The highest BCUT2D eigenvalue weighted by Gasteiger charge is 2.25. The highest BCUT2D eigenvalue weighted by molar-refractivity contribution is 7.22. The maximum Gasteiger partial charge on any atom is 0.296 e. The summed E-state index contributed by atoms with van der Waals surface area (Å²) in [7, 11) is 1.82. The smallest absolute Gasteiger partial charge is 0.296 e. The lowest BCUT2D eigenvalue weighted by Crippen LogP contribution is -2.43. The molecule has 7 nitrogen and oxygen atoms in total. The fourth-order valence-corrected chi connectivity index (χ4v) is 4.31. The quantitative estimate of drug-likeness (QED) is 0.653. The zero-order valence-electron chi connectivity index (χ0n) is 15.0. The topological polar surface area (TPSA) is 63.5 Å². The van der Waals surface area contributed by atoms with E-state index in [0.717, 1.165) is 43.1 Å². The number of aromatic nitrogens is 3. The molecule has 1 aromatic carbocycles.